The highest BCUT2D eigenvalue weighted by molar-refractivity contribution is 5.60. The molecule has 0 radical (unpaired) electrons. The molecule has 0 saturated heterocycles. The van der Waals surface area contributed by atoms with Crippen molar-refractivity contribution in [3.63, 3.8) is 0 Å². The lowest BCUT2D eigenvalue weighted by Gasteiger charge is -2.08. The fourth-order valence-electron chi connectivity index (χ4n) is 1.37. The Bertz CT molecular complexity index is 466. The molecule has 0 spiro atoms. The van der Waals surface area contributed by atoms with E-state index in [4.69, 9.17) is 5.73 Å². The van der Waals surface area contributed by atoms with E-state index in [9.17, 15) is 0 Å². The standard InChI is InChI=1S/C12H13N3/c1-9-5-2-3-6-10(9)14-12-8-4-7-11(13)15-12/h2-8H,1H3,(H3,13,14,15). The van der Waals surface area contributed by atoms with Gasteiger partial charge in [0.25, 0.3) is 0 Å². The maximum Gasteiger partial charge on any atom is 0.132 e. The molecule has 0 saturated carbocycles. The molecule has 0 amide bonds. The number of nitrogen functional groups attached to an aromatic ring is 1. The quantitative estimate of drug-likeness (QED) is 0.781. The van der Waals surface area contributed by atoms with E-state index in [1.165, 1.54) is 5.56 Å². The van der Waals surface area contributed by atoms with Gasteiger partial charge in [-0.05, 0) is 30.7 Å². The lowest BCUT2D eigenvalue weighted by Crippen LogP contribution is -1.97. The van der Waals surface area contributed by atoms with E-state index in [1.807, 2.05) is 30.3 Å². The Morgan fingerprint density at radius 1 is 1.07 bits per heavy atom. The zero-order chi connectivity index (χ0) is 10.7. The van der Waals surface area contributed by atoms with Gasteiger partial charge in [0.2, 0.25) is 0 Å². The van der Waals surface area contributed by atoms with Gasteiger partial charge in [0.1, 0.15) is 11.6 Å². The molecular formula is C12H13N3. The molecule has 0 unspecified atom stereocenters. The summed E-state index contributed by atoms with van der Waals surface area (Å²) >= 11 is 0. The van der Waals surface area contributed by atoms with Crippen LogP contribution < -0.4 is 11.1 Å². The number of rotatable bonds is 2. The second-order valence-electron chi connectivity index (χ2n) is 3.39. The van der Waals surface area contributed by atoms with Crippen molar-refractivity contribution in [1.82, 2.24) is 4.98 Å². The second kappa shape index (κ2) is 4.00. The second-order valence-corrected chi connectivity index (χ2v) is 3.39. The van der Waals surface area contributed by atoms with Crippen molar-refractivity contribution in [2.45, 2.75) is 6.92 Å². The van der Waals surface area contributed by atoms with Crippen LogP contribution in [0.1, 0.15) is 5.56 Å². The summed E-state index contributed by atoms with van der Waals surface area (Å²) in [6.07, 6.45) is 0. The number of nitrogens with two attached hydrogens (primary N) is 1. The van der Waals surface area contributed by atoms with Crippen LogP contribution in [0, 0.1) is 6.92 Å². The van der Waals surface area contributed by atoms with Gasteiger partial charge in [0.15, 0.2) is 0 Å². The SMILES string of the molecule is Cc1ccccc1Nc1cccc(N)n1. The lowest BCUT2D eigenvalue weighted by atomic mass is 10.2. The van der Waals surface area contributed by atoms with Gasteiger partial charge in [-0.1, -0.05) is 24.3 Å². The lowest BCUT2D eigenvalue weighted by molar-refractivity contribution is 1.30. The molecule has 1 aromatic carbocycles. The van der Waals surface area contributed by atoms with Gasteiger partial charge < -0.3 is 11.1 Å². The number of nitrogens with zero attached hydrogens (tertiary/aromatic N) is 1. The van der Waals surface area contributed by atoms with E-state index in [0.29, 0.717) is 5.82 Å². The Morgan fingerprint density at radius 2 is 1.87 bits per heavy atom. The molecule has 76 valence electrons. The van der Waals surface area contributed by atoms with Crippen LogP contribution in [-0.2, 0) is 0 Å². The van der Waals surface area contributed by atoms with Crippen LogP contribution in [-0.4, -0.2) is 4.98 Å². The van der Waals surface area contributed by atoms with Gasteiger partial charge in [-0.25, -0.2) is 4.98 Å². The first kappa shape index (κ1) is 9.52. The van der Waals surface area contributed by atoms with E-state index in [0.717, 1.165) is 11.5 Å². The Balaban J connectivity index is 2.26. The molecular weight excluding hydrogens is 186 g/mol. The van der Waals surface area contributed by atoms with Crippen molar-refractivity contribution >= 4 is 17.3 Å². The van der Waals surface area contributed by atoms with Crippen LogP contribution in [0.25, 0.3) is 0 Å². The maximum atomic E-state index is 5.60. The largest absolute Gasteiger partial charge is 0.384 e. The van der Waals surface area contributed by atoms with Crippen LogP contribution in [0.3, 0.4) is 0 Å². The number of aryl methyl sites for hydroxylation is 1. The molecule has 2 rings (SSSR count). The molecule has 0 aliphatic carbocycles. The summed E-state index contributed by atoms with van der Waals surface area (Å²) in [4.78, 5) is 4.18. The summed E-state index contributed by atoms with van der Waals surface area (Å²) in [7, 11) is 0. The monoisotopic (exact) mass is 199 g/mol. The number of benzene rings is 1. The van der Waals surface area contributed by atoms with Crippen LogP contribution in [0.15, 0.2) is 42.5 Å². The molecule has 0 atom stereocenters. The molecule has 2 aromatic rings. The summed E-state index contributed by atoms with van der Waals surface area (Å²) in [5.41, 5.74) is 7.83. The molecule has 0 aliphatic heterocycles. The van der Waals surface area contributed by atoms with Crippen molar-refractivity contribution in [3.8, 4) is 0 Å². The van der Waals surface area contributed by atoms with Crippen LogP contribution >= 0.6 is 0 Å². The number of hydrogen-bond acceptors (Lipinski definition) is 3. The Hall–Kier alpha value is -2.03. The maximum absolute atomic E-state index is 5.60. The highest BCUT2D eigenvalue weighted by atomic mass is 15.0. The van der Waals surface area contributed by atoms with Crippen LogP contribution in [0.4, 0.5) is 17.3 Å². The van der Waals surface area contributed by atoms with Crippen molar-refractivity contribution in [3.05, 3.63) is 48.0 Å². The first-order valence-electron chi connectivity index (χ1n) is 4.81. The number of anilines is 3. The number of nitrogens with one attached hydrogen (secondary N) is 1. The van der Waals surface area contributed by atoms with Crippen LogP contribution in [0.5, 0.6) is 0 Å². The molecule has 1 heterocycles. The normalized spacial score (nSPS) is 9.93. The molecule has 3 nitrogen and oxygen atoms in total. The molecule has 1 aromatic heterocycles. The topological polar surface area (TPSA) is 50.9 Å². The third-order valence-corrected chi connectivity index (χ3v) is 2.18. The summed E-state index contributed by atoms with van der Waals surface area (Å²) < 4.78 is 0. The Morgan fingerprint density at radius 3 is 2.60 bits per heavy atom. The van der Waals surface area contributed by atoms with Gasteiger partial charge in [0, 0.05) is 5.69 Å². The number of hydrogen-bond donors (Lipinski definition) is 2. The van der Waals surface area contributed by atoms with Crippen molar-refractivity contribution in [1.29, 1.82) is 0 Å². The van der Waals surface area contributed by atoms with Gasteiger partial charge >= 0.3 is 0 Å². The van der Waals surface area contributed by atoms with Crippen molar-refractivity contribution in [2.75, 3.05) is 11.1 Å². The molecule has 3 N–H and O–H groups in total. The highest BCUT2D eigenvalue weighted by Gasteiger charge is 1.98. The molecule has 3 heteroatoms. The predicted octanol–water partition coefficient (Wildman–Crippen LogP) is 2.72. The first-order valence-corrected chi connectivity index (χ1v) is 4.81. The van der Waals surface area contributed by atoms with E-state index < -0.39 is 0 Å². The van der Waals surface area contributed by atoms with Crippen LogP contribution in [0.2, 0.25) is 0 Å². The smallest absolute Gasteiger partial charge is 0.132 e. The third kappa shape index (κ3) is 2.26. The van der Waals surface area contributed by atoms with Gasteiger partial charge in [-0.15, -0.1) is 0 Å². The predicted molar refractivity (Wildman–Crippen MR) is 63.1 cm³/mol. The summed E-state index contributed by atoms with van der Waals surface area (Å²) in [5.74, 6) is 1.29. The zero-order valence-electron chi connectivity index (χ0n) is 8.57. The minimum Gasteiger partial charge on any atom is -0.384 e. The average Bonchev–Trinajstić information content (AvgIpc) is 2.22. The van der Waals surface area contributed by atoms with E-state index >= 15 is 0 Å². The van der Waals surface area contributed by atoms with E-state index in [-0.39, 0.29) is 0 Å². The molecule has 0 aliphatic rings. The van der Waals surface area contributed by atoms with Gasteiger partial charge in [-0.2, -0.15) is 0 Å². The van der Waals surface area contributed by atoms with E-state index in [2.05, 4.69) is 23.3 Å². The Kier molecular flexibility index (Phi) is 2.54. The number of aromatic nitrogens is 1. The third-order valence-electron chi connectivity index (χ3n) is 2.18. The van der Waals surface area contributed by atoms with Crippen molar-refractivity contribution < 1.29 is 0 Å². The highest BCUT2D eigenvalue weighted by Crippen LogP contribution is 2.18. The number of para-hydroxylation sites is 1. The average molecular weight is 199 g/mol. The van der Waals surface area contributed by atoms with Crippen molar-refractivity contribution in [2.24, 2.45) is 0 Å². The molecule has 0 fully saturated rings. The van der Waals surface area contributed by atoms with Gasteiger partial charge in [-0.3, -0.25) is 0 Å². The minimum atomic E-state index is 0.522. The fraction of sp³-hybridized carbons (Fsp3) is 0.0833. The molecule has 0 bridgehead atoms. The first-order chi connectivity index (χ1) is 7.25. The number of pyridine rings is 1. The Labute approximate surface area is 89.0 Å². The summed E-state index contributed by atoms with van der Waals surface area (Å²) in [6.45, 7) is 2.05. The van der Waals surface area contributed by atoms with Gasteiger partial charge in [0.05, 0.1) is 0 Å². The fourth-order valence-corrected chi connectivity index (χ4v) is 1.37. The van der Waals surface area contributed by atoms with E-state index in [1.54, 1.807) is 6.07 Å². The minimum absolute atomic E-state index is 0.522. The summed E-state index contributed by atoms with van der Waals surface area (Å²) in [5, 5.41) is 3.22. The molecule has 15 heavy (non-hydrogen) atoms. The zero-order valence-corrected chi connectivity index (χ0v) is 8.57. The summed E-state index contributed by atoms with van der Waals surface area (Å²) in [6, 6.07) is 13.6.